The van der Waals surface area contributed by atoms with Crippen molar-refractivity contribution in [3.8, 4) is 0 Å². The Hall–Kier alpha value is -3.17. The molecule has 3 amide bonds. The molecule has 2 aliphatic rings. The first-order valence-corrected chi connectivity index (χ1v) is 10.5. The molecule has 31 heavy (non-hydrogen) atoms. The van der Waals surface area contributed by atoms with Gasteiger partial charge < -0.3 is 24.7 Å². The van der Waals surface area contributed by atoms with E-state index in [1.807, 2.05) is 12.1 Å². The minimum Gasteiger partial charge on any atom is -0.468 e. The summed E-state index contributed by atoms with van der Waals surface area (Å²) in [6, 6.07) is 10.4. The summed E-state index contributed by atoms with van der Waals surface area (Å²) in [4.78, 5) is 40.7. The summed E-state index contributed by atoms with van der Waals surface area (Å²) in [5.41, 5.74) is 1.18. The van der Waals surface area contributed by atoms with E-state index in [0.717, 1.165) is 25.3 Å². The third-order valence-corrected chi connectivity index (χ3v) is 5.51. The molecule has 0 aliphatic carbocycles. The van der Waals surface area contributed by atoms with Gasteiger partial charge in [0.25, 0.3) is 0 Å². The van der Waals surface area contributed by atoms with Crippen molar-refractivity contribution < 1.29 is 23.5 Å². The molecule has 1 unspecified atom stereocenters. The highest BCUT2D eigenvalue weighted by Gasteiger charge is 2.26. The summed E-state index contributed by atoms with van der Waals surface area (Å²) in [5.74, 6) is -0.698. The number of ether oxygens (including phenoxy) is 1. The van der Waals surface area contributed by atoms with Crippen molar-refractivity contribution in [1.82, 2.24) is 10.2 Å². The van der Waals surface area contributed by atoms with Crippen LogP contribution in [0.5, 0.6) is 0 Å². The number of carbonyl (C=O) groups is 3. The Morgan fingerprint density at radius 1 is 1.06 bits per heavy atom. The Balaban J connectivity index is 1.36. The molecular weight excluding hydrogens is 400 g/mol. The quantitative estimate of drug-likeness (QED) is 0.679. The van der Waals surface area contributed by atoms with Gasteiger partial charge in [-0.15, -0.1) is 0 Å². The van der Waals surface area contributed by atoms with E-state index in [2.05, 4.69) is 15.5 Å². The number of amides is 3. The van der Waals surface area contributed by atoms with Gasteiger partial charge in [-0.2, -0.15) is 0 Å². The Morgan fingerprint density at radius 3 is 2.61 bits per heavy atom. The largest absolute Gasteiger partial charge is 0.468 e. The maximum absolute atomic E-state index is 12.4. The average molecular weight is 426 g/mol. The smallest absolute Gasteiger partial charge is 0.313 e. The lowest BCUT2D eigenvalue weighted by Gasteiger charge is -2.33. The van der Waals surface area contributed by atoms with Gasteiger partial charge in [-0.3, -0.25) is 19.3 Å². The van der Waals surface area contributed by atoms with Crippen LogP contribution in [0.4, 0.5) is 11.4 Å². The summed E-state index contributed by atoms with van der Waals surface area (Å²) in [6.07, 6.45) is 2.94. The zero-order chi connectivity index (χ0) is 21.6. The second-order valence-corrected chi connectivity index (χ2v) is 7.54. The van der Waals surface area contributed by atoms with E-state index in [1.165, 1.54) is 0 Å². The molecule has 9 nitrogen and oxygen atoms in total. The van der Waals surface area contributed by atoms with E-state index in [0.29, 0.717) is 37.6 Å². The van der Waals surface area contributed by atoms with E-state index in [4.69, 9.17) is 9.15 Å². The highest BCUT2D eigenvalue weighted by molar-refractivity contribution is 6.39. The lowest BCUT2D eigenvalue weighted by Crippen LogP contribution is -2.45. The van der Waals surface area contributed by atoms with E-state index < -0.39 is 11.8 Å². The van der Waals surface area contributed by atoms with Crippen LogP contribution in [-0.2, 0) is 19.1 Å². The molecule has 2 aromatic rings. The predicted octanol–water partition coefficient (Wildman–Crippen LogP) is 1.53. The standard InChI is InChI=1S/C22H26N4O5/c27-20-7-2-8-26(20)17-5-1-4-16(14-17)24-22(29)21(28)23-15-18(19-6-3-11-31-19)25-9-12-30-13-10-25/h1,3-6,11,14,18H,2,7-10,12-13,15H2,(H,23,28)(H,24,29). The van der Waals surface area contributed by atoms with Gasteiger partial charge in [0.15, 0.2) is 0 Å². The molecule has 3 heterocycles. The van der Waals surface area contributed by atoms with Crippen LogP contribution in [0.15, 0.2) is 47.1 Å². The van der Waals surface area contributed by atoms with Crippen LogP contribution in [0.25, 0.3) is 0 Å². The van der Waals surface area contributed by atoms with Crippen molar-refractivity contribution >= 4 is 29.1 Å². The van der Waals surface area contributed by atoms with E-state index in [1.54, 1.807) is 35.4 Å². The first-order chi connectivity index (χ1) is 15.1. The molecule has 164 valence electrons. The summed E-state index contributed by atoms with van der Waals surface area (Å²) in [7, 11) is 0. The number of benzene rings is 1. The summed E-state index contributed by atoms with van der Waals surface area (Å²) in [5, 5.41) is 5.32. The van der Waals surface area contributed by atoms with Crippen molar-refractivity contribution in [2.75, 3.05) is 49.6 Å². The second kappa shape index (κ2) is 9.76. The minimum atomic E-state index is -0.759. The summed E-state index contributed by atoms with van der Waals surface area (Å²) in [6.45, 7) is 3.56. The molecule has 1 atom stereocenters. The molecule has 0 spiro atoms. The van der Waals surface area contributed by atoms with Crippen molar-refractivity contribution in [3.05, 3.63) is 48.4 Å². The van der Waals surface area contributed by atoms with Gasteiger partial charge in [0.2, 0.25) is 5.91 Å². The van der Waals surface area contributed by atoms with Gasteiger partial charge in [0.1, 0.15) is 5.76 Å². The number of furan rings is 1. The molecule has 4 rings (SSSR count). The number of nitrogens with zero attached hydrogens (tertiary/aromatic N) is 2. The number of nitrogens with one attached hydrogen (secondary N) is 2. The molecule has 9 heteroatoms. The molecule has 0 bridgehead atoms. The maximum atomic E-state index is 12.4. The Labute approximate surface area is 180 Å². The minimum absolute atomic E-state index is 0.0632. The zero-order valence-electron chi connectivity index (χ0n) is 17.2. The molecule has 0 radical (unpaired) electrons. The Kier molecular flexibility index (Phi) is 6.63. The van der Waals surface area contributed by atoms with Crippen molar-refractivity contribution in [2.45, 2.75) is 18.9 Å². The predicted molar refractivity (Wildman–Crippen MR) is 114 cm³/mol. The molecule has 2 N–H and O–H groups in total. The first-order valence-electron chi connectivity index (χ1n) is 10.5. The summed E-state index contributed by atoms with van der Waals surface area (Å²) >= 11 is 0. The van der Waals surface area contributed by atoms with Gasteiger partial charge in [-0.25, -0.2) is 0 Å². The zero-order valence-corrected chi connectivity index (χ0v) is 17.2. The summed E-state index contributed by atoms with van der Waals surface area (Å²) < 4.78 is 10.9. The third kappa shape index (κ3) is 5.12. The van der Waals surface area contributed by atoms with Gasteiger partial charge >= 0.3 is 11.8 Å². The SMILES string of the molecule is O=C(NCC(c1ccco1)N1CCOCC1)C(=O)Nc1cccc(N2CCCC2=O)c1. The van der Waals surface area contributed by atoms with Crippen molar-refractivity contribution in [3.63, 3.8) is 0 Å². The maximum Gasteiger partial charge on any atom is 0.313 e. The van der Waals surface area contributed by atoms with Crippen LogP contribution >= 0.6 is 0 Å². The van der Waals surface area contributed by atoms with E-state index in [-0.39, 0.29) is 18.5 Å². The second-order valence-electron chi connectivity index (χ2n) is 7.54. The topological polar surface area (TPSA) is 104 Å². The van der Waals surface area contributed by atoms with Crippen LogP contribution in [-0.4, -0.2) is 62.0 Å². The van der Waals surface area contributed by atoms with Crippen LogP contribution in [0.2, 0.25) is 0 Å². The Bertz CT molecular complexity index is 924. The molecule has 0 saturated carbocycles. The highest BCUT2D eigenvalue weighted by atomic mass is 16.5. The number of anilines is 2. The fourth-order valence-electron chi connectivity index (χ4n) is 3.91. The molecule has 2 saturated heterocycles. The lowest BCUT2D eigenvalue weighted by molar-refractivity contribution is -0.136. The van der Waals surface area contributed by atoms with Crippen LogP contribution in [0.1, 0.15) is 24.6 Å². The monoisotopic (exact) mass is 426 g/mol. The normalized spacial score (nSPS) is 18.1. The molecule has 1 aromatic heterocycles. The number of carbonyl (C=O) groups excluding carboxylic acids is 3. The Morgan fingerprint density at radius 2 is 1.90 bits per heavy atom. The molecule has 1 aromatic carbocycles. The van der Waals surface area contributed by atoms with Gasteiger partial charge in [-0.1, -0.05) is 6.07 Å². The highest BCUT2D eigenvalue weighted by Crippen LogP contribution is 2.24. The van der Waals surface area contributed by atoms with Gasteiger partial charge in [-0.05, 0) is 36.8 Å². The van der Waals surface area contributed by atoms with Gasteiger partial charge in [0, 0.05) is 44.0 Å². The van der Waals surface area contributed by atoms with Crippen molar-refractivity contribution in [1.29, 1.82) is 0 Å². The lowest BCUT2D eigenvalue weighted by atomic mass is 10.1. The van der Waals surface area contributed by atoms with E-state index in [9.17, 15) is 14.4 Å². The number of hydrogen-bond acceptors (Lipinski definition) is 6. The van der Waals surface area contributed by atoms with E-state index >= 15 is 0 Å². The fraction of sp³-hybridized carbons (Fsp3) is 0.409. The average Bonchev–Trinajstić information content (AvgIpc) is 3.47. The number of rotatable bonds is 6. The number of hydrogen-bond donors (Lipinski definition) is 2. The fourth-order valence-corrected chi connectivity index (χ4v) is 3.91. The first kappa shape index (κ1) is 21.1. The van der Waals surface area contributed by atoms with Crippen molar-refractivity contribution in [2.24, 2.45) is 0 Å². The molecule has 2 fully saturated rings. The van der Waals surface area contributed by atoms with Crippen LogP contribution in [0.3, 0.4) is 0 Å². The van der Waals surface area contributed by atoms with Crippen LogP contribution < -0.4 is 15.5 Å². The molecule has 2 aliphatic heterocycles. The third-order valence-electron chi connectivity index (χ3n) is 5.51. The van der Waals surface area contributed by atoms with Crippen LogP contribution in [0, 0.1) is 0 Å². The molecular formula is C22H26N4O5. The van der Waals surface area contributed by atoms with Gasteiger partial charge in [0.05, 0.1) is 25.5 Å². The number of morpholine rings is 1.